The van der Waals surface area contributed by atoms with E-state index in [9.17, 15) is 4.79 Å². The monoisotopic (exact) mass is 236 g/mol. The number of hydrogen-bond acceptors (Lipinski definition) is 3. The molecule has 0 radical (unpaired) electrons. The molecule has 0 aromatic heterocycles. The first-order valence-corrected chi connectivity index (χ1v) is 5.91. The van der Waals surface area contributed by atoms with Crippen molar-refractivity contribution in [1.82, 2.24) is 0 Å². The van der Waals surface area contributed by atoms with Crippen LogP contribution in [-0.2, 0) is 11.3 Å². The number of rotatable bonds is 2. The zero-order chi connectivity index (χ0) is 11.7. The van der Waals surface area contributed by atoms with Gasteiger partial charge in [0.05, 0.1) is 0 Å². The molecular formula is C12H16N2OS. The predicted molar refractivity (Wildman–Crippen MR) is 68.8 cm³/mol. The fourth-order valence-electron chi connectivity index (χ4n) is 2.07. The molecule has 1 aromatic carbocycles. The van der Waals surface area contributed by atoms with Gasteiger partial charge in [-0.05, 0) is 24.1 Å². The molecule has 1 heterocycles. The van der Waals surface area contributed by atoms with Crippen molar-refractivity contribution in [1.29, 1.82) is 0 Å². The van der Waals surface area contributed by atoms with Crippen LogP contribution in [0.15, 0.2) is 18.2 Å². The molecule has 86 valence electrons. The number of nitrogens with two attached hydrogens (primary N) is 1. The zero-order valence-corrected chi connectivity index (χ0v) is 10.2. The van der Waals surface area contributed by atoms with Crippen molar-refractivity contribution >= 4 is 24.2 Å². The van der Waals surface area contributed by atoms with E-state index in [1.165, 1.54) is 0 Å². The summed E-state index contributed by atoms with van der Waals surface area (Å²) in [5.74, 6) is 0.156. The third kappa shape index (κ3) is 2.08. The number of benzene rings is 1. The Bertz CT molecular complexity index is 419. The number of aryl methyl sites for hydroxylation is 1. The van der Waals surface area contributed by atoms with Gasteiger partial charge in [0.1, 0.15) is 0 Å². The van der Waals surface area contributed by atoms with Crippen LogP contribution in [0.3, 0.4) is 0 Å². The molecule has 1 unspecified atom stereocenters. The van der Waals surface area contributed by atoms with E-state index >= 15 is 0 Å². The Balaban J connectivity index is 2.30. The van der Waals surface area contributed by atoms with Crippen LogP contribution in [0.4, 0.5) is 5.69 Å². The van der Waals surface area contributed by atoms with Crippen LogP contribution < -0.4 is 10.6 Å². The van der Waals surface area contributed by atoms with E-state index in [0.717, 1.165) is 16.8 Å². The summed E-state index contributed by atoms with van der Waals surface area (Å²) in [6.07, 6.45) is 0.529. The zero-order valence-electron chi connectivity index (χ0n) is 9.31. The first-order valence-electron chi connectivity index (χ1n) is 5.40. The Morgan fingerprint density at radius 1 is 1.56 bits per heavy atom. The average molecular weight is 236 g/mol. The maximum absolute atomic E-state index is 11.7. The summed E-state index contributed by atoms with van der Waals surface area (Å²) < 4.78 is 0. The average Bonchev–Trinajstić information content (AvgIpc) is 2.57. The lowest BCUT2D eigenvalue weighted by Crippen LogP contribution is -2.25. The van der Waals surface area contributed by atoms with E-state index in [2.05, 4.69) is 12.6 Å². The maximum atomic E-state index is 11.7. The highest BCUT2D eigenvalue weighted by molar-refractivity contribution is 7.81. The van der Waals surface area contributed by atoms with Crippen LogP contribution in [0.5, 0.6) is 0 Å². The molecule has 2 N–H and O–H groups in total. The van der Waals surface area contributed by atoms with Crippen molar-refractivity contribution in [3.63, 3.8) is 0 Å². The van der Waals surface area contributed by atoms with Crippen molar-refractivity contribution in [2.45, 2.75) is 25.1 Å². The summed E-state index contributed by atoms with van der Waals surface area (Å²) in [7, 11) is 0. The van der Waals surface area contributed by atoms with Crippen LogP contribution in [-0.4, -0.2) is 17.7 Å². The van der Waals surface area contributed by atoms with Gasteiger partial charge in [0.2, 0.25) is 5.91 Å². The minimum Gasteiger partial charge on any atom is -0.326 e. The summed E-state index contributed by atoms with van der Waals surface area (Å²) in [5.41, 5.74) is 8.75. The summed E-state index contributed by atoms with van der Waals surface area (Å²) in [6, 6.07) is 5.98. The molecule has 1 aliphatic rings. The van der Waals surface area contributed by atoms with Crippen molar-refractivity contribution < 1.29 is 4.79 Å². The fraction of sp³-hybridized carbons (Fsp3) is 0.417. The highest BCUT2D eigenvalue weighted by atomic mass is 32.1. The van der Waals surface area contributed by atoms with E-state index in [-0.39, 0.29) is 11.2 Å². The molecule has 1 saturated heterocycles. The standard InChI is InChI=1S/C12H16N2OS/c1-8-4-9(6-13)2-3-11(8)14-7-10(16)5-12(14)15/h2-4,10,16H,5-7,13H2,1H3. The Kier molecular flexibility index (Phi) is 3.21. The van der Waals surface area contributed by atoms with E-state index in [0.29, 0.717) is 19.5 Å². The number of nitrogens with zero attached hydrogens (tertiary/aromatic N) is 1. The topological polar surface area (TPSA) is 46.3 Å². The summed E-state index contributed by atoms with van der Waals surface area (Å²) in [5, 5.41) is 0.154. The van der Waals surface area contributed by atoms with Crippen LogP contribution in [0.2, 0.25) is 0 Å². The highest BCUT2D eigenvalue weighted by Gasteiger charge is 2.28. The SMILES string of the molecule is Cc1cc(CN)ccc1N1CC(S)CC1=O. The molecule has 0 spiro atoms. The van der Waals surface area contributed by atoms with Crippen molar-refractivity contribution in [2.75, 3.05) is 11.4 Å². The molecule has 1 fully saturated rings. The van der Waals surface area contributed by atoms with Gasteiger partial charge in [0, 0.05) is 30.4 Å². The van der Waals surface area contributed by atoms with Gasteiger partial charge in [-0.1, -0.05) is 12.1 Å². The molecule has 4 heteroatoms. The lowest BCUT2D eigenvalue weighted by Gasteiger charge is -2.19. The van der Waals surface area contributed by atoms with E-state index in [1.54, 1.807) is 0 Å². The largest absolute Gasteiger partial charge is 0.326 e. The van der Waals surface area contributed by atoms with Crippen LogP contribution in [0.1, 0.15) is 17.5 Å². The molecule has 3 nitrogen and oxygen atoms in total. The number of anilines is 1. The van der Waals surface area contributed by atoms with Crippen molar-refractivity contribution in [3.8, 4) is 0 Å². The molecule has 1 aliphatic heterocycles. The van der Waals surface area contributed by atoms with Gasteiger partial charge >= 0.3 is 0 Å². The maximum Gasteiger partial charge on any atom is 0.228 e. The second kappa shape index (κ2) is 4.47. The molecule has 16 heavy (non-hydrogen) atoms. The second-order valence-electron chi connectivity index (χ2n) is 4.19. The molecule has 2 rings (SSSR count). The predicted octanol–water partition coefficient (Wildman–Crippen LogP) is 1.49. The van der Waals surface area contributed by atoms with Gasteiger partial charge in [-0.3, -0.25) is 4.79 Å². The fourth-order valence-corrected chi connectivity index (χ4v) is 2.39. The Labute approximate surface area is 101 Å². The van der Waals surface area contributed by atoms with Gasteiger partial charge in [0.15, 0.2) is 0 Å². The Morgan fingerprint density at radius 3 is 2.81 bits per heavy atom. The molecule has 1 atom stereocenters. The first-order chi connectivity index (χ1) is 7.61. The number of amides is 1. The third-order valence-corrected chi connectivity index (χ3v) is 3.24. The molecule has 1 amide bonds. The molecule has 0 aliphatic carbocycles. The molecule has 1 aromatic rings. The first kappa shape index (κ1) is 11.5. The smallest absolute Gasteiger partial charge is 0.228 e. The second-order valence-corrected chi connectivity index (χ2v) is 4.92. The van der Waals surface area contributed by atoms with Crippen molar-refractivity contribution in [2.24, 2.45) is 5.73 Å². The van der Waals surface area contributed by atoms with Gasteiger partial charge in [-0.25, -0.2) is 0 Å². The third-order valence-electron chi connectivity index (χ3n) is 2.89. The Morgan fingerprint density at radius 2 is 2.31 bits per heavy atom. The van der Waals surface area contributed by atoms with Crippen LogP contribution in [0.25, 0.3) is 0 Å². The molecule has 0 saturated carbocycles. The summed E-state index contributed by atoms with van der Waals surface area (Å²) in [4.78, 5) is 13.6. The van der Waals surface area contributed by atoms with Crippen molar-refractivity contribution in [3.05, 3.63) is 29.3 Å². The lowest BCUT2D eigenvalue weighted by atomic mass is 10.1. The van der Waals surface area contributed by atoms with Gasteiger partial charge < -0.3 is 10.6 Å². The summed E-state index contributed by atoms with van der Waals surface area (Å²) >= 11 is 4.35. The van der Waals surface area contributed by atoms with Gasteiger partial charge in [-0.15, -0.1) is 0 Å². The normalized spacial score (nSPS) is 20.6. The van der Waals surface area contributed by atoms with Crippen LogP contribution >= 0.6 is 12.6 Å². The lowest BCUT2D eigenvalue weighted by molar-refractivity contribution is -0.117. The number of hydrogen-bond donors (Lipinski definition) is 2. The molecular weight excluding hydrogens is 220 g/mol. The van der Waals surface area contributed by atoms with Crippen LogP contribution in [0, 0.1) is 6.92 Å². The summed E-state index contributed by atoms with van der Waals surface area (Å²) in [6.45, 7) is 3.24. The number of carbonyl (C=O) groups excluding carboxylic acids is 1. The number of carbonyl (C=O) groups is 1. The van der Waals surface area contributed by atoms with Gasteiger partial charge in [0.25, 0.3) is 0 Å². The van der Waals surface area contributed by atoms with E-state index < -0.39 is 0 Å². The Hall–Kier alpha value is -1.00. The van der Waals surface area contributed by atoms with Gasteiger partial charge in [-0.2, -0.15) is 12.6 Å². The molecule has 0 bridgehead atoms. The quantitative estimate of drug-likeness (QED) is 0.764. The number of thiol groups is 1. The highest BCUT2D eigenvalue weighted by Crippen LogP contribution is 2.27. The van der Waals surface area contributed by atoms with E-state index in [4.69, 9.17) is 5.73 Å². The van der Waals surface area contributed by atoms with E-state index in [1.807, 2.05) is 30.0 Å². The minimum atomic E-state index is 0.154. The minimum absolute atomic E-state index is 0.154.